The van der Waals surface area contributed by atoms with E-state index in [1.165, 1.54) is 16.8 Å². The molecule has 0 saturated heterocycles. The summed E-state index contributed by atoms with van der Waals surface area (Å²) in [5.74, 6) is 0. The molecule has 4 heteroatoms. The number of nitrogens with zero attached hydrogens (tertiary/aromatic N) is 3. The van der Waals surface area contributed by atoms with Gasteiger partial charge in [-0.25, -0.2) is 0 Å². The molecule has 0 atom stereocenters. The van der Waals surface area contributed by atoms with Crippen molar-refractivity contribution in [2.75, 3.05) is 0 Å². The minimum Gasteiger partial charge on any atom is -0.199 e. The molecule has 0 aromatic rings. The number of rotatable bonds is 3. The first-order chi connectivity index (χ1) is 3.81. The molecule has 8 heavy (non-hydrogen) atoms. The average Bonchev–Trinajstić information content (AvgIpc) is 1.83. The number of thiol groups is 1. The van der Waals surface area contributed by atoms with Crippen molar-refractivity contribution < 1.29 is 0 Å². The van der Waals surface area contributed by atoms with Gasteiger partial charge in [0.1, 0.15) is 0 Å². The molecule has 0 fully saturated rings. The second kappa shape index (κ2) is 4.39. The third-order valence-corrected chi connectivity index (χ3v) is 0.632. The number of hydrogen-bond donors (Lipinski definition) is 1. The summed E-state index contributed by atoms with van der Waals surface area (Å²) < 4.78 is 1.18. The van der Waals surface area contributed by atoms with Gasteiger partial charge in [-0.05, 0) is 12.8 Å². The van der Waals surface area contributed by atoms with Crippen LogP contribution < -0.4 is 0 Å². The summed E-state index contributed by atoms with van der Waals surface area (Å²) >= 11 is 3.77. The van der Waals surface area contributed by atoms with Crippen LogP contribution in [0.5, 0.6) is 0 Å². The van der Waals surface area contributed by atoms with Crippen LogP contribution in [-0.2, 0) is 0 Å². The standard InChI is InChI=1S/C4H7N3S/c1-3-5-6-7(8)4-2/h3-4,8H,1-2H2/b6-5-. The van der Waals surface area contributed by atoms with E-state index in [-0.39, 0.29) is 0 Å². The van der Waals surface area contributed by atoms with Crippen molar-refractivity contribution in [2.45, 2.75) is 0 Å². The molecule has 0 spiro atoms. The maximum absolute atomic E-state index is 3.77. The van der Waals surface area contributed by atoms with Gasteiger partial charge in [0.25, 0.3) is 0 Å². The van der Waals surface area contributed by atoms with E-state index in [4.69, 9.17) is 0 Å². The fourth-order valence-electron chi connectivity index (χ4n) is 0.126. The van der Waals surface area contributed by atoms with E-state index in [0.29, 0.717) is 0 Å². The van der Waals surface area contributed by atoms with Crippen molar-refractivity contribution in [2.24, 2.45) is 10.3 Å². The maximum Gasteiger partial charge on any atom is 0.0441 e. The van der Waals surface area contributed by atoms with Crippen molar-refractivity contribution in [3.8, 4) is 0 Å². The van der Waals surface area contributed by atoms with Gasteiger partial charge in [-0.1, -0.05) is 18.4 Å². The van der Waals surface area contributed by atoms with E-state index >= 15 is 0 Å². The molecular formula is C4H7N3S. The van der Waals surface area contributed by atoms with E-state index in [9.17, 15) is 0 Å². The second-order valence-electron chi connectivity index (χ2n) is 0.890. The molecule has 0 amide bonds. The summed E-state index contributed by atoms with van der Waals surface area (Å²) in [6.07, 6.45) is 2.73. The lowest BCUT2D eigenvalue weighted by atomic mass is 11.1. The zero-order valence-electron chi connectivity index (χ0n) is 4.36. The Morgan fingerprint density at radius 3 is 2.50 bits per heavy atom. The fraction of sp³-hybridized carbons (Fsp3) is 0. The van der Waals surface area contributed by atoms with Crippen molar-refractivity contribution in [3.05, 3.63) is 25.6 Å². The third kappa shape index (κ3) is 3.42. The van der Waals surface area contributed by atoms with E-state index in [1.807, 2.05) is 0 Å². The molecule has 0 aliphatic rings. The lowest BCUT2D eigenvalue weighted by molar-refractivity contribution is 0.634. The molecule has 0 aromatic carbocycles. The van der Waals surface area contributed by atoms with Crippen LogP contribution in [0.2, 0.25) is 0 Å². The van der Waals surface area contributed by atoms with Crippen molar-refractivity contribution >= 4 is 12.8 Å². The molecule has 0 unspecified atom stereocenters. The van der Waals surface area contributed by atoms with Crippen LogP contribution in [0.3, 0.4) is 0 Å². The van der Waals surface area contributed by atoms with Crippen LogP contribution in [-0.4, -0.2) is 4.41 Å². The highest BCUT2D eigenvalue weighted by molar-refractivity contribution is 7.77. The second-order valence-corrected chi connectivity index (χ2v) is 1.30. The Balaban J connectivity index is 3.50. The molecule has 0 radical (unpaired) electrons. The number of hydrogen-bond acceptors (Lipinski definition) is 3. The van der Waals surface area contributed by atoms with Gasteiger partial charge >= 0.3 is 0 Å². The van der Waals surface area contributed by atoms with Gasteiger partial charge in [0.05, 0.1) is 0 Å². The van der Waals surface area contributed by atoms with E-state index in [0.717, 1.165) is 0 Å². The van der Waals surface area contributed by atoms with Crippen LogP contribution in [0.15, 0.2) is 35.9 Å². The molecular weight excluding hydrogens is 122 g/mol. The highest BCUT2D eigenvalue weighted by Gasteiger charge is 1.76. The quantitative estimate of drug-likeness (QED) is 0.351. The predicted molar refractivity (Wildman–Crippen MR) is 36.1 cm³/mol. The van der Waals surface area contributed by atoms with E-state index < -0.39 is 0 Å². The highest BCUT2D eigenvalue weighted by Crippen LogP contribution is 1.93. The molecule has 0 aliphatic carbocycles. The van der Waals surface area contributed by atoms with Gasteiger partial charge in [0, 0.05) is 12.4 Å². The van der Waals surface area contributed by atoms with Crippen LogP contribution in [0.1, 0.15) is 0 Å². The monoisotopic (exact) mass is 129 g/mol. The van der Waals surface area contributed by atoms with Gasteiger partial charge < -0.3 is 0 Å². The minimum atomic E-state index is 1.18. The summed E-state index contributed by atoms with van der Waals surface area (Å²) in [5.41, 5.74) is 0. The zero-order valence-corrected chi connectivity index (χ0v) is 5.25. The van der Waals surface area contributed by atoms with Crippen molar-refractivity contribution in [1.82, 2.24) is 4.41 Å². The first kappa shape index (κ1) is 7.23. The third-order valence-electron chi connectivity index (χ3n) is 0.388. The van der Waals surface area contributed by atoms with Gasteiger partial charge in [-0.3, -0.25) is 0 Å². The lowest BCUT2D eigenvalue weighted by Crippen LogP contribution is -1.86. The topological polar surface area (TPSA) is 28.0 Å². The Morgan fingerprint density at radius 1 is 1.50 bits per heavy atom. The van der Waals surface area contributed by atoms with Gasteiger partial charge in [0.15, 0.2) is 0 Å². The molecule has 0 heterocycles. The molecule has 0 aromatic heterocycles. The smallest absolute Gasteiger partial charge is 0.0441 e. The lowest BCUT2D eigenvalue weighted by Gasteiger charge is -1.96. The Labute approximate surface area is 53.9 Å². The Morgan fingerprint density at radius 2 is 2.12 bits per heavy atom. The first-order valence-corrected chi connectivity index (χ1v) is 2.33. The highest BCUT2D eigenvalue weighted by atomic mass is 32.1. The molecule has 44 valence electrons. The van der Waals surface area contributed by atoms with Crippen LogP contribution in [0.25, 0.3) is 0 Å². The molecule has 0 saturated carbocycles. The summed E-state index contributed by atoms with van der Waals surface area (Å²) in [6.45, 7) is 6.69. The predicted octanol–water partition coefficient (Wildman–Crippen LogP) is 1.79. The van der Waals surface area contributed by atoms with E-state index in [1.54, 1.807) is 0 Å². The summed E-state index contributed by atoms with van der Waals surface area (Å²) in [7, 11) is 0. The summed E-state index contributed by atoms with van der Waals surface area (Å²) in [4.78, 5) is 0. The van der Waals surface area contributed by atoms with Crippen LogP contribution >= 0.6 is 12.8 Å². The van der Waals surface area contributed by atoms with Gasteiger partial charge in [-0.2, -0.15) is 4.41 Å². The van der Waals surface area contributed by atoms with Crippen LogP contribution in [0, 0.1) is 0 Å². The Hall–Kier alpha value is -0.770. The maximum atomic E-state index is 3.77. The van der Waals surface area contributed by atoms with Gasteiger partial charge in [0.2, 0.25) is 0 Å². The Kier molecular flexibility index (Phi) is 3.97. The SMILES string of the molecule is C=C/N=N\N(S)C=C. The normalized spacial score (nSPS) is 9.12. The Bertz CT molecular complexity index is 110. The minimum absolute atomic E-state index is 1.18. The molecule has 0 N–H and O–H groups in total. The fourth-order valence-corrected chi connectivity index (χ4v) is 0.172. The van der Waals surface area contributed by atoms with Crippen molar-refractivity contribution in [3.63, 3.8) is 0 Å². The largest absolute Gasteiger partial charge is 0.199 e. The molecule has 0 rings (SSSR count). The molecule has 0 aliphatic heterocycles. The first-order valence-electron chi connectivity index (χ1n) is 1.93. The van der Waals surface area contributed by atoms with E-state index in [2.05, 4.69) is 36.3 Å². The van der Waals surface area contributed by atoms with Crippen molar-refractivity contribution in [1.29, 1.82) is 0 Å². The molecule has 0 bridgehead atoms. The zero-order chi connectivity index (χ0) is 6.41. The summed E-state index contributed by atoms with van der Waals surface area (Å²) in [6, 6.07) is 0. The molecule has 3 nitrogen and oxygen atoms in total. The summed E-state index contributed by atoms with van der Waals surface area (Å²) in [5, 5.41) is 6.86. The van der Waals surface area contributed by atoms with Gasteiger partial charge in [-0.15, -0.1) is 5.11 Å². The van der Waals surface area contributed by atoms with Crippen LogP contribution in [0.4, 0.5) is 0 Å². The average molecular weight is 129 g/mol.